The van der Waals surface area contributed by atoms with Gasteiger partial charge in [-0.25, -0.2) is 0 Å². The number of methoxy groups -OCH3 is 1. The van der Waals surface area contributed by atoms with Crippen LogP contribution >= 0.6 is 0 Å². The van der Waals surface area contributed by atoms with Gasteiger partial charge in [0, 0.05) is 32.3 Å². The third-order valence-corrected chi connectivity index (χ3v) is 4.16. The van der Waals surface area contributed by atoms with E-state index >= 15 is 0 Å². The molecule has 3 atom stereocenters. The van der Waals surface area contributed by atoms with Gasteiger partial charge in [0.05, 0.1) is 12.1 Å². The van der Waals surface area contributed by atoms with Crippen molar-refractivity contribution in [2.45, 2.75) is 45.4 Å². The SMILES string of the molecule is CO[C@H](C)C(C)NC[C@@H]1Cc2ccccc2N1C(C)=O. The Bertz CT molecular complexity index is 475. The molecule has 1 unspecified atom stereocenters. The lowest BCUT2D eigenvalue weighted by Gasteiger charge is -2.27. The van der Waals surface area contributed by atoms with Crippen molar-refractivity contribution in [3.8, 4) is 0 Å². The zero-order chi connectivity index (χ0) is 14.7. The summed E-state index contributed by atoms with van der Waals surface area (Å²) in [5.74, 6) is 0.106. The fourth-order valence-corrected chi connectivity index (χ4v) is 2.74. The van der Waals surface area contributed by atoms with Crippen LogP contribution in [0.25, 0.3) is 0 Å². The summed E-state index contributed by atoms with van der Waals surface area (Å²) in [6.45, 7) is 6.57. The Balaban J connectivity index is 2.04. The largest absolute Gasteiger partial charge is 0.380 e. The quantitative estimate of drug-likeness (QED) is 0.894. The minimum atomic E-state index is 0.106. The maximum absolute atomic E-state index is 11.9. The minimum Gasteiger partial charge on any atom is -0.380 e. The molecule has 1 aromatic carbocycles. The molecular weight excluding hydrogens is 252 g/mol. The second kappa shape index (κ2) is 6.37. The van der Waals surface area contributed by atoms with Crippen LogP contribution in [0.15, 0.2) is 24.3 Å². The number of nitrogens with one attached hydrogen (secondary N) is 1. The number of amides is 1. The Morgan fingerprint density at radius 3 is 2.80 bits per heavy atom. The molecular formula is C16H24N2O2. The maximum Gasteiger partial charge on any atom is 0.224 e. The summed E-state index contributed by atoms with van der Waals surface area (Å²) in [4.78, 5) is 13.8. The molecule has 20 heavy (non-hydrogen) atoms. The molecule has 1 N–H and O–H groups in total. The molecule has 1 aliphatic rings. The van der Waals surface area contributed by atoms with Gasteiger partial charge in [-0.15, -0.1) is 0 Å². The molecule has 4 nitrogen and oxygen atoms in total. The van der Waals surface area contributed by atoms with Crippen molar-refractivity contribution in [1.29, 1.82) is 0 Å². The fourth-order valence-electron chi connectivity index (χ4n) is 2.74. The second-order valence-corrected chi connectivity index (χ2v) is 5.51. The number of carbonyl (C=O) groups is 1. The second-order valence-electron chi connectivity index (χ2n) is 5.51. The highest BCUT2D eigenvalue weighted by molar-refractivity contribution is 5.94. The van der Waals surface area contributed by atoms with Crippen LogP contribution in [0.1, 0.15) is 26.3 Å². The van der Waals surface area contributed by atoms with Crippen LogP contribution in [0.3, 0.4) is 0 Å². The minimum absolute atomic E-state index is 0.106. The Kier molecular flexibility index (Phi) is 4.78. The van der Waals surface area contributed by atoms with Crippen LogP contribution in [-0.2, 0) is 16.0 Å². The first-order valence-electron chi connectivity index (χ1n) is 7.18. The highest BCUT2D eigenvalue weighted by Gasteiger charge is 2.31. The van der Waals surface area contributed by atoms with Crippen molar-refractivity contribution in [1.82, 2.24) is 5.32 Å². The average molecular weight is 276 g/mol. The lowest BCUT2D eigenvalue weighted by atomic mass is 10.1. The number of benzene rings is 1. The maximum atomic E-state index is 11.9. The van der Waals surface area contributed by atoms with Crippen molar-refractivity contribution in [3.05, 3.63) is 29.8 Å². The predicted octanol–water partition coefficient (Wildman–Crippen LogP) is 1.98. The molecule has 110 valence electrons. The predicted molar refractivity (Wildman–Crippen MR) is 81.0 cm³/mol. The molecule has 0 radical (unpaired) electrons. The van der Waals surface area contributed by atoms with Crippen LogP contribution in [0, 0.1) is 0 Å². The first-order valence-corrected chi connectivity index (χ1v) is 7.18. The van der Waals surface area contributed by atoms with Gasteiger partial charge in [0.2, 0.25) is 5.91 Å². The first kappa shape index (κ1) is 15.0. The molecule has 0 aromatic heterocycles. The summed E-state index contributed by atoms with van der Waals surface area (Å²) in [5.41, 5.74) is 2.31. The molecule has 1 heterocycles. The topological polar surface area (TPSA) is 41.6 Å². The lowest BCUT2D eigenvalue weighted by Crippen LogP contribution is -2.47. The number of ether oxygens (including phenoxy) is 1. The fraction of sp³-hybridized carbons (Fsp3) is 0.562. The first-order chi connectivity index (χ1) is 9.54. The van der Waals surface area contributed by atoms with E-state index in [1.165, 1.54) is 5.56 Å². The van der Waals surface area contributed by atoms with E-state index in [0.29, 0.717) is 0 Å². The zero-order valence-corrected chi connectivity index (χ0v) is 12.7. The van der Waals surface area contributed by atoms with Gasteiger partial charge in [0.1, 0.15) is 0 Å². The number of carbonyl (C=O) groups excluding carboxylic acids is 1. The number of hydrogen-bond acceptors (Lipinski definition) is 3. The van der Waals surface area contributed by atoms with Crippen molar-refractivity contribution in [2.24, 2.45) is 0 Å². The molecule has 0 spiro atoms. The summed E-state index contributed by atoms with van der Waals surface area (Å²) < 4.78 is 5.32. The lowest BCUT2D eigenvalue weighted by molar-refractivity contribution is -0.116. The number of rotatable bonds is 5. The Labute approximate surface area is 121 Å². The zero-order valence-electron chi connectivity index (χ0n) is 12.7. The Morgan fingerprint density at radius 1 is 1.45 bits per heavy atom. The molecule has 1 aliphatic heterocycles. The number of nitrogens with zero attached hydrogens (tertiary/aromatic N) is 1. The van der Waals surface area contributed by atoms with Gasteiger partial charge in [-0.3, -0.25) is 4.79 Å². The molecule has 0 bridgehead atoms. The van der Waals surface area contributed by atoms with E-state index in [0.717, 1.165) is 18.7 Å². The highest BCUT2D eigenvalue weighted by Crippen LogP contribution is 2.31. The third kappa shape index (κ3) is 3.02. The Hall–Kier alpha value is -1.39. The summed E-state index contributed by atoms with van der Waals surface area (Å²) in [5, 5.41) is 3.48. The van der Waals surface area contributed by atoms with Crippen LogP contribution < -0.4 is 10.2 Å². The van der Waals surface area contributed by atoms with E-state index in [4.69, 9.17) is 4.74 Å². The van der Waals surface area contributed by atoms with E-state index < -0.39 is 0 Å². The highest BCUT2D eigenvalue weighted by atomic mass is 16.5. The third-order valence-electron chi connectivity index (χ3n) is 4.16. The van der Waals surface area contributed by atoms with Crippen molar-refractivity contribution < 1.29 is 9.53 Å². The van der Waals surface area contributed by atoms with Crippen LogP contribution in [-0.4, -0.2) is 37.7 Å². The number of hydrogen-bond donors (Lipinski definition) is 1. The van der Waals surface area contributed by atoms with E-state index in [1.54, 1.807) is 14.0 Å². The van der Waals surface area contributed by atoms with Crippen LogP contribution in [0.4, 0.5) is 5.69 Å². The normalized spacial score (nSPS) is 20.6. The van der Waals surface area contributed by atoms with E-state index in [-0.39, 0.29) is 24.1 Å². The molecule has 4 heteroatoms. The van der Waals surface area contributed by atoms with Gasteiger partial charge < -0.3 is 15.0 Å². The van der Waals surface area contributed by atoms with Gasteiger partial charge in [0.25, 0.3) is 0 Å². The van der Waals surface area contributed by atoms with Gasteiger partial charge in [-0.1, -0.05) is 18.2 Å². The summed E-state index contributed by atoms with van der Waals surface area (Å²) in [6.07, 6.45) is 1.07. The molecule has 0 fully saturated rings. The molecule has 0 aliphatic carbocycles. The smallest absolute Gasteiger partial charge is 0.224 e. The van der Waals surface area contributed by atoms with E-state index in [9.17, 15) is 4.79 Å². The monoisotopic (exact) mass is 276 g/mol. The molecule has 2 rings (SSSR count). The van der Waals surface area contributed by atoms with Crippen molar-refractivity contribution >= 4 is 11.6 Å². The summed E-state index contributed by atoms with van der Waals surface area (Å²) in [6, 6.07) is 8.60. The average Bonchev–Trinajstić information content (AvgIpc) is 2.82. The molecule has 1 aromatic rings. The molecule has 0 saturated heterocycles. The molecule has 0 saturated carbocycles. The van der Waals surface area contributed by atoms with Crippen LogP contribution in [0.5, 0.6) is 0 Å². The summed E-state index contributed by atoms with van der Waals surface area (Å²) >= 11 is 0. The standard InChI is InChI=1S/C16H24N2O2/c1-11(12(2)20-4)17-10-15-9-14-7-5-6-8-16(14)18(15)13(3)19/h5-8,11-12,15,17H,9-10H2,1-4H3/t11?,12-,15+/m1/s1. The van der Waals surface area contributed by atoms with E-state index in [1.807, 2.05) is 30.0 Å². The number of anilines is 1. The van der Waals surface area contributed by atoms with Gasteiger partial charge in [0.15, 0.2) is 0 Å². The number of fused-ring (bicyclic) bond motifs is 1. The van der Waals surface area contributed by atoms with Crippen molar-refractivity contribution in [3.63, 3.8) is 0 Å². The van der Waals surface area contributed by atoms with Crippen molar-refractivity contribution in [2.75, 3.05) is 18.6 Å². The molecule has 1 amide bonds. The van der Waals surface area contributed by atoms with Gasteiger partial charge in [-0.05, 0) is 31.9 Å². The van der Waals surface area contributed by atoms with Gasteiger partial charge in [-0.2, -0.15) is 0 Å². The Morgan fingerprint density at radius 2 is 2.15 bits per heavy atom. The van der Waals surface area contributed by atoms with Crippen LogP contribution in [0.2, 0.25) is 0 Å². The van der Waals surface area contributed by atoms with Gasteiger partial charge >= 0.3 is 0 Å². The number of para-hydroxylation sites is 1. The van der Waals surface area contributed by atoms with E-state index in [2.05, 4.69) is 18.3 Å². The summed E-state index contributed by atoms with van der Waals surface area (Å²) in [7, 11) is 1.72.